The van der Waals surface area contributed by atoms with Crippen LogP contribution >= 0.6 is 0 Å². The van der Waals surface area contributed by atoms with E-state index in [4.69, 9.17) is 9.05 Å². The van der Waals surface area contributed by atoms with E-state index in [1.54, 1.807) is 24.5 Å². The van der Waals surface area contributed by atoms with E-state index in [0.717, 1.165) is 18.4 Å². The molecule has 1 N–H and O–H groups in total. The maximum absolute atomic E-state index is 12.1. The molecule has 1 aromatic carbocycles. The van der Waals surface area contributed by atoms with E-state index in [0.29, 0.717) is 17.3 Å². The van der Waals surface area contributed by atoms with Crippen molar-refractivity contribution in [3.63, 3.8) is 0 Å². The van der Waals surface area contributed by atoms with Crippen LogP contribution in [0.25, 0.3) is 17.3 Å². The second-order valence-electron chi connectivity index (χ2n) is 5.99. The molecule has 0 aliphatic heterocycles. The number of anilines is 1. The molecule has 0 atom stereocenters. The summed E-state index contributed by atoms with van der Waals surface area (Å²) in [6.07, 6.45) is 9.14. The number of hydrogen-bond acceptors (Lipinski definition) is 5. The lowest BCUT2D eigenvalue weighted by Crippen LogP contribution is -2.09. The number of rotatable bonds is 4. The van der Waals surface area contributed by atoms with Gasteiger partial charge in [0.15, 0.2) is 5.69 Å². The lowest BCUT2D eigenvalue weighted by molar-refractivity contribution is -0.111. The smallest absolute Gasteiger partial charge is 0.249 e. The first-order chi connectivity index (χ1) is 12.3. The fourth-order valence-electron chi connectivity index (χ4n) is 3.04. The van der Waals surface area contributed by atoms with E-state index in [1.807, 2.05) is 6.07 Å². The highest BCUT2D eigenvalue weighted by atomic mass is 16.6. The molecule has 0 saturated heterocycles. The molecule has 6 nitrogen and oxygen atoms in total. The normalized spacial score (nSPS) is 13.8. The second-order valence-corrected chi connectivity index (χ2v) is 5.99. The number of aryl methyl sites for hydroxylation is 2. The SMILES string of the molecule is O=C(/C=C/c1ccco1)Nc1nonc1-c1ccc2c(c1)CCCC2. The average Bonchev–Trinajstić information content (AvgIpc) is 3.31. The van der Waals surface area contributed by atoms with Gasteiger partial charge in [-0.1, -0.05) is 12.1 Å². The molecule has 2 aromatic heterocycles. The molecular formula is C19H17N3O3. The van der Waals surface area contributed by atoms with Gasteiger partial charge in [0, 0.05) is 11.6 Å². The molecule has 3 aromatic rings. The number of aromatic nitrogens is 2. The number of amides is 1. The Bertz CT molecular complexity index is 910. The number of carbonyl (C=O) groups is 1. The van der Waals surface area contributed by atoms with Crippen LogP contribution in [0.5, 0.6) is 0 Å². The molecule has 1 aliphatic carbocycles. The zero-order valence-electron chi connectivity index (χ0n) is 13.6. The van der Waals surface area contributed by atoms with Crippen molar-refractivity contribution in [2.75, 3.05) is 5.32 Å². The van der Waals surface area contributed by atoms with E-state index in [1.165, 1.54) is 30.0 Å². The standard InChI is InChI=1S/C19H17N3O3/c23-17(10-9-16-6-3-11-24-16)20-19-18(21-25-22-19)15-8-7-13-4-1-2-5-14(13)12-15/h3,6-12H,1-2,4-5H2,(H,20,22,23)/b10-9+. The molecule has 1 amide bonds. The van der Waals surface area contributed by atoms with Crippen LogP contribution in [0, 0.1) is 0 Å². The van der Waals surface area contributed by atoms with Crippen molar-refractivity contribution in [3.05, 3.63) is 59.6 Å². The topological polar surface area (TPSA) is 81.2 Å². The Kier molecular flexibility index (Phi) is 4.16. The number of furan rings is 1. The van der Waals surface area contributed by atoms with Gasteiger partial charge in [0.25, 0.3) is 0 Å². The van der Waals surface area contributed by atoms with Crippen LogP contribution in [0.2, 0.25) is 0 Å². The highest BCUT2D eigenvalue weighted by Gasteiger charge is 2.17. The fourth-order valence-corrected chi connectivity index (χ4v) is 3.04. The summed E-state index contributed by atoms with van der Waals surface area (Å²) < 4.78 is 9.99. The number of nitrogens with zero attached hydrogens (tertiary/aromatic N) is 2. The van der Waals surface area contributed by atoms with Crippen LogP contribution in [-0.2, 0) is 17.6 Å². The van der Waals surface area contributed by atoms with Crippen molar-refractivity contribution in [1.29, 1.82) is 0 Å². The Hall–Kier alpha value is -3.15. The first kappa shape index (κ1) is 15.4. The van der Waals surface area contributed by atoms with Gasteiger partial charge >= 0.3 is 0 Å². The van der Waals surface area contributed by atoms with Gasteiger partial charge in [-0.05, 0) is 71.4 Å². The zero-order valence-corrected chi connectivity index (χ0v) is 13.6. The summed E-state index contributed by atoms with van der Waals surface area (Å²) in [5.41, 5.74) is 4.15. The van der Waals surface area contributed by atoms with E-state index in [-0.39, 0.29) is 5.91 Å². The first-order valence-electron chi connectivity index (χ1n) is 8.27. The minimum atomic E-state index is -0.327. The summed E-state index contributed by atoms with van der Waals surface area (Å²) in [4.78, 5) is 12.1. The molecule has 1 aliphatic rings. The molecule has 0 radical (unpaired) electrons. The van der Waals surface area contributed by atoms with Gasteiger partial charge in [0.1, 0.15) is 5.76 Å². The van der Waals surface area contributed by atoms with Gasteiger partial charge in [0.2, 0.25) is 11.7 Å². The van der Waals surface area contributed by atoms with Crippen molar-refractivity contribution < 1.29 is 13.8 Å². The van der Waals surface area contributed by atoms with Crippen molar-refractivity contribution in [1.82, 2.24) is 10.3 Å². The maximum Gasteiger partial charge on any atom is 0.249 e. The second kappa shape index (κ2) is 6.76. The van der Waals surface area contributed by atoms with Gasteiger partial charge in [-0.15, -0.1) is 0 Å². The molecule has 0 bridgehead atoms. The molecule has 126 valence electrons. The molecule has 6 heteroatoms. The van der Waals surface area contributed by atoms with Crippen molar-refractivity contribution in [3.8, 4) is 11.3 Å². The summed E-state index contributed by atoms with van der Waals surface area (Å²) in [6.45, 7) is 0. The van der Waals surface area contributed by atoms with Crippen LogP contribution in [-0.4, -0.2) is 16.2 Å². The van der Waals surface area contributed by atoms with Crippen molar-refractivity contribution in [2.24, 2.45) is 0 Å². The van der Waals surface area contributed by atoms with Crippen molar-refractivity contribution >= 4 is 17.8 Å². The third-order valence-corrected chi connectivity index (χ3v) is 4.29. The lowest BCUT2D eigenvalue weighted by atomic mass is 9.90. The molecular weight excluding hydrogens is 318 g/mol. The summed E-state index contributed by atoms with van der Waals surface area (Å²) in [6, 6.07) is 9.76. The Morgan fingerprint density at radius 3 is 2.84 bits per heavy atom. The number of nitrogens with one attached hydrogen (secondary N) is 1. The van der Waals surface area contributed by atoms with Gasteiger partial charge in [-0.2, -0.15) is 0 Å². The highest BCUT2D eigenvalue weighted by molar-refractivity contribution is 6.02. The third-order valence-electron chi connectivity index (χ3n) is 4.29. The number of fused-ring (bicyclic) bond motifs is 1. The Morgan fingerprint density at radius 1 is 1.12 bits per heavy atom. The van der Waals surface area contributed by atoms with Gasteiger partial charge in [-0.25, -0.2) is 4.63 Å². The van der Waals surface area contributed by atoms with Gasteiger partial charge < -0.3 is 9.73 Å². The number of benzene rings is 1. The minimum absolute atomic E-state index is 0.310. The Labute approximate surface area is 144 Å². The van der Waals surface area contributed by atoms with E-state index < -0.39 is 0 Å². The molecule has 25 heavy (non-hydrogen) atoms. The molecule has 2 heterocycles. The van der Waals surface area contributed by atoms with E-state index >= 15 is 0 Å². The largest absolute Gasteiger partial charge is 0.465 e. The first-order valence-corrected chi connectivity index (χ1v) is 8.27. The van der Waals surface area contributed by atoms with Gasteiger partial charge in [-0.3, -0.25) is 4.79 Å². The van der Waals surface area contributed by atoms with Gasteiger partial charge in [0.05, 0.1) is 6.26 Å². The maximum atomic E-state index is 12.1. The molecule has 0 spiro atoms. The van der Waals surface area contributed by atoms with Crippen LogP contribution in [0.15, 0.2) is 51.7 Å². The summed E-state index contributed by atoms with van der Waals surface area (Å²) in [5, 5.41) is 10.5. The number of hydrogen-bond donors (Lipinski definition) is 1. The zero-order chi connectivity index (χ0) is 17.1. The average molecular weight is 335 g/mol. The third kappa shape index (κ3) is 3.38. The van der Waals surface area contributed by atoms with Crippen LogP contribution in [0.3, 0.4) is 0 Å². The Morgan fingerprint density at radius 2 is 2.00 bits per heavy atom. The molecule has 0 fully saturated rings. The van der Waals surface area contributed by atoms with E-state index in [9.17, 15) is 4.79 Å². The predicted octanol–water partition coefficient (Wildman–Crippen LogP) is 3.86. The fraction of sp³-hybridized carbons (Fsp3) is 0.211. The van der Waals surface area contributed by atoms with Crippen molar-refractivity contribution in [2.45, 2.75) is 25.7 Å². The van der Waals surface area contributed by atoms with E-state index in [2.05, 4.69) is 27.8 Å². The monoisotopic (exact) mass is 335 g/mol. The van der Waals surface area contributed by atoms with Crippen LogP contribution in [0.4, 0.5) is 5.82 Å². The summed E-state index contributed by atoms with van der Waals surface area (Å²) in [5.74, 6) is 0.583. The minimum Gasteiger partial charge on any atom is -0.465 e. The summed E-state index contributed by atoms with van der Waals surface area (Å²) in [7, 11) is 0. The quantitative estimate of drug-likeness (QED) is 0.732. The Balaban J connectivity index is 1.53. The lowest BCUT2D eigenvalue weighted by Gasteiger charge is -2.16. The molecule has 0 unspecified atom stereocenters. The number of carbonyl (C=O) groups excluding carboxylic acids is 1. The summed E-state index contributed by atoms with van der Waals surface area (Å²) >= 11 is 0. The highest BCUT2D eigenvalue weighted by Crippen LogP contribution is 2.29. The van der Waals surface area contributed by atoms with Crippen LogP contribution in [0.1, 0.15) is 29.7 Å². The molecule has 0 saturated carbocycles. The predicted molar refractivity (Wildman–Crippen MR) is 92.7 cm³/mol. The molecule has 4 rings (SSSR count). The van der Waals surface area contributed by atoms with Crippen LogP contribution < -0.4 is 5.32 Å².